The SMILES string of the molecule is O=C(Nc1ccc(Cl)nc1)c1ccc2nc[nH]c2c1. The molecule has 19 heavy (non-hydrogen) atoms. The van der Waals surface area contributed by atoms with Gasteiger partial charge >= 0.3 is 0 Å². The quantitative estimate of drug-likeness (QED) is 0.705. The highest BCUT2D eigenvalue weighted by Gasteiger charge is 2.08. The monoisotopic (exact) mass is 272 g/mol. The van der Waals surface area contributed by atoms with Crippen LogP contribution in [-0.4, -0.2) is 20.9 Å². The number of H-pyrrole nitrogens is 1. The molecule has 1 amide bonds. The fourth-order valence-corrected chi connectivity index (χ4v) is 1.84. The molecule has 0 saturated carbocycles. The summed E-state index contributed by atoms with van der Waals surface area (Å²) in [6, 6.07) is 8.58. The predicted octanol–water partition coefficient (Wildman–Crippen LogP) is 2.86. The van der Waals surface area contributed by atoms with Gasteiger partial charge in [0, 0.05) is 5.56 Å². The maximum atomic E-state index is 12.1. The van der Waals surface area contributed by atoms with E-state index in [0.29, 0.717) is 16.4 Å². The summed E-state index contributed by atoms with van der Waals surface area (Å²) in [5, 5.41) is 3.13. The summed E-state index contributed by atoms with van der Waals surface area (Å²) >= 11 is 5.68. The molecule has 0 aliphatic rings. The highest BCUT2D eigenvalue weighted by Crippen LogP contribution is 2.14. The van der Waals surface area contributed by atoms with E-state index in [1.54, 1.807) is 36.7 Å². The van der Waals surface area contributed by atoms with Crippen LogP contribution in [0.4, 0.5) is 5.69 Å². The Labute approximate surface area is 113 Å². The van der Waals surface area contributed by atoms with E-state index in [-0.39, 0.29) is 5.91 Å². The van der Waals surface area contributed by atoms with Crippen molar-refractivity contribution >= 4 is 34.2 Å². The zero-order valence-electron chi connectivity index (χ0n) is 9.72. The van der Waals surface area contributed by atoms with Gasteiger partial charge in [-0.25, -0.2) is 9.97 Å². The molecule has 0 saturated heterocycles. The second-order valence-electron chi connectivity index (χ2n) is 3.96. The second kappa shape index (κ2) is 4.70. The summed E-state index contributed by atoms with van der Waals surface area (Å²) in [7, 11) is 0. The maximum absolute atomic E-state index is 12.1. The third kappa shape index (κ3) is 2.41. The van der Waals surface area contributed by atoms with Crippen LogP contribution in [0, 0.1) is 0 Å². The molecule has 0 radical (unpaired) electrons. The molecule has 2 aromatic heterocycles. The molecule has 3 rings (SSSR count). The van der Waals surface area contributed by atoms with Crippen LogP contribution in [0.25, 0.3) is 11.0 Å². The number of nitrogens with one attached hydrogen (secondary N) is 2. The Hall–Kier alpha value is -2.40. The lowest BCUT2D eigenvalue weighted by Crippen LogP contribution is -2.11. The van der Waals surface area contributed by atoms with Gasteiger partial charge in [-0.15, -0.1) is 0 Å². The van der Waals surface area contributed by atoms with E-state index < -0.39 is 0 Å². The van der Waals surface area contributed by atoms with Gasteiger partial charge < -0.3 is 10.3 Å². The van der Waals surface area contributed by atoms with Gasteiger partial charge in [0.25, 0.3) is 5.91 Å². The van der Waals surface area contributed by atoms with Crippen LogP contribution in [0.3, 0.4) is 0 Å². The van der Waals surface area contributed by atoms with E-state index in [4.69, 9.17) is 11.6 Å². The van der Waals surface area contributed by atoms with Crippen molar-refractivity contribution in [2.24, 2.45) is 0 Å². The Kier molecular flexibility index (Phi) is 2.89. The number of carbonyl (C=O) groups is 1. The first-order chi connectivity index (χ1) is 9.22. The molecule has 0 unspecified atom stereocenters. The van der Waals surface area contributed by atoms with Crippen LogP contribution in [0.1, 0.15) is 10.4 Å². The van der Waals surface area contributed by atoms with Gasteiger partial charge in [0.15, 0.2) is 0 Å². The molecule has 6 heteroatoms. The zero-order valence-corrected chi connectivity index (χ0v) is 10.5. The van der Waals surface area contributed by atoms with Gasteiger partial charge in [-0.3, -0.25) is 4.79 Å². The Morgan fingerprint density at radius 3 is 2.89 bits per heavy atom. The van der Waals surface area contributed by atoms with Crippen LogP contribution in [0.2, 0.25) is 5.15 Å². The van der Waals surface area contributed by atoms with Crippen molar-refractivity contribution in [1.29, 1.82) is 0 Å². The standard InChI is InChI=1S/C13H9ClN4O/c14-12-4-2-9(6-15-12)18-13(19)8-1-3-10-11(5-8)17-7-16-10/h1-7H,(H,16,17)(H,18,19). The second-order valence-corrected chi connectivity index (χ2v) is 4.35. The molecule has 2 N–H and O–H groups in total. The molecule has 0 fully saturated rings. The molecular weight excluding hydrogens is 264 g/mol. The van der Waals surface area contributed by atoms with Gasteiger partial charge in [0.2, 0.25) is 0 Å². The fourth-order valence-electron chi connectivity index (χ4n) is 1.73. The third-order valence-corrected chi connectivity index (χ3v) is 2.89. The highest BCUT2D eigenvalue weighted by atomic mass is 35.5. The number of fused-ring (bicyclic) bond motifs is 1. The van der Waals surface area contributed by atoms with Crippen LogP contribution in [0.15, 0.2) is 42.9 Å². The predicted molar refractivity (Wildman–Crippen MR) is 73.3 cm³/mol. The topological polar surface area (TPSA) is 70.7 Å². The first-order valence-electron chi connectivity index (χ1n) is 5.58. The molecular formula is C13H9ClN4O. The number of aromatic amines is 1. The lowest BCUT2D eigenvalue weighted by atomic mass is 10.2. The fraction of sp³-hybridized carbons (Fsp3) is 0. The van der Waals surface area contributed by atoms with Crippen molar-refractivity contribution in [1.82, 2.24) is 15.0 Å². The number of hydrogen-bond donors (Lipinski definition) is 2. The van der Waals surface area contributed by atoms with E-state index in [1.807, 2.05) is 0 Å². The van der Waals surface area contributed by atoms with Gasteiger partial charge in [0.05, 0.1) is 29.2 Å². The summed E-state index contributed by atoms with van der Waals surface area (Å²) in [5.74, 6) is -0.208. The van der Waals surface area contributed by atoms with Gasteiger partial charge in [-0.05, 0) is 30.3 Å². The number of benzene rings is 1. The third-order valence-electron chi connectivity index (χ3n) is 2.67. The number of hydrogen-bond acceptors (Lipinski definition) is 3. The number of carbonyl (C=O) groups excluding carboxylic acids is 1. The number of rotatable bonds is 2. The molecule has 94 valence electrons. The van der Waals surface area contributed by atoms with Crippen molar-refractivity contribution in [3.05, 3.63) is 53.6 Å². The maximum Gasteiger partial charge on any atom is 0.255 e. The van der Waals surface area contributed by atoms with Crippen molar-refractivity contribution in [2.45, 2.75) is 0 Å². The van der Waals surface area contributed by atoms with Gasteiger partial charge in [-0.2, -0.15) is 0 Å². The Bertz CT molecular complexity index is 736. The molecule has 2 heterocycles. The summed E-state index contributed by atoms with van der Waals surface area (Å²) in [4.78, 5) is 23.0. The summed E-state index contributed by atoms with van der Waals surface area (Å²) in [6.45, 7) is 0. The van der Waals surface area contributed by atoms with Crippen molar-refractivity contribution < 1.29 is 4.79 Å². The number of aromatic nitrogens is 3. The molecule has 0 atom stereocenters. The molecule has 1 aromatic carbocycles. The summed E-state index contributed by atoms with van der Waals surface area (Å²) in [6.07, 6.45) is 3.10. The van der Waals surface area contributed by atoms with Crippen LogP contribution >= 0.6 is 11.6 Å². The number of anilines is 1. The van der Waals surface area contributed by atoms with E-state index in [0.717, 1.165) is 11.0 Å². The van der Waals surface area contributed by atoms with E-state index in [9.17, 15) is 4.79 Å². The number of nitrogens with zero attached hydrogens (tertiary/aromatic N) is 2. The lowest BCUT2D eigenvalue weighted by molar-refractivity contribution is 0.102. The molecule has 3 aromatic rings. The Morgan fingerprint density at radius 1 is 1.21 bits per heavy atom. The van der Waals surface area contributed by atoms with Crippen LogP contribution in [0.5, 0.6) is 0 Å². The lowest BCUT2D eigenvalue weighted by Gasteiger charge is -2.04. The van der Waals surface area contributed by atoms with Crippen molar-refractivity contribution in [2.75, 3.05) is 5.32 Å². The zero-order chi connectivity index (χ0) is 13.2. The minimum Gasteiger partial charge on any atom is -0.345 e. The van der Waals surface area contributed by atoms with E-state index in [2.05, 4.69) is 20.3 Å². The van der Waals surface area contributed by atoms with Crippen molar-refractivity contribution in [3.63, 3.8) is 0 Å². The first kappa shape index (κ1) is 11.7. The average Bonchev–Trinajstić information content (AvgIpc) is 2.88. The number of halogens is 1. The minimum atomic E-state index is -0.208. The molecule has 0 spiro atoms. The summed E-state index contributed by atoms with van der Waals surface area (Å²) in [5.41, 5.74) is 2.79. The smallest absolute Gasteiger partial charge is 0.255 e. The Balaban J connectivity index is 1.84. The van der Waals surface area contributed by atoms with Crippen LogP contribution < -0.4 is 5.32 Å². The molecule has 0 bridgehead atoms. The van der Waals surface area contributed by atoms with Gasteiger partial charge in [-0.1, -0.05) is 11.6 Å². The van der Waals surface area contributed by atoms with E-state index >= 15 is 0 Å². The number of pyridine rings is 1. The summed E-state index contributed by atoms with van der Waals surface area (Å²) < 4.78 is 0. The molecule has 5 nitrogen and oxygen atoms in total. The average molecular weight is 273 g/mol. The largest absolute Gasteiger partial charge is 0.345 e. The number of amides is 1. The molecule has 0 aliphatic heterocycles. The minimum absolute atomic E-state index is 0.208. The van der Waals surface area contributed by atoms with Crippen LogP contribution in [-0.2, 0) is 0 Å². The molecule has 0 aliphatic carbocycles. The number of imidazole rings is 1. The normalized spacial score (nSPS) is 10.6. The van der Waals surface area contributed by atoms with Gasteiger partial charge in [0.1, 0.15) is 5.15 Å². The highest BCUT2D eigenvalue weighted by molar-refractivity contribution is 6.29. The first-order valence-corrected chi connectivity index (χ1v) is 5.96. The van der Waals surface area contributed by atoms with E-state index in [1.165, 1.54) is 6.20 Å². The Morgan fingerprint density at radius 2 is 2.11 bits per heavy atom. The van der Waals surface area contributed by atoms with Crippen molar-refractivity contribution in [3.8, 4) is 0 Å².